The topological polar surface area (TPSA) is 214 Å². The highest BCUT2D eigenvalue weighted by molar-refractivity contribution is 6.31. The molecule has 69 heavy (non-hydrogen) atoms. The average Bonchev–Trinajstić information content (AvgIpc) is 3.32. The van der Waals surface area contributed by atoms with E-state index >= 15 is 0 Å². The quantitative estimate of drug-likeness (QED) is 0.0550. The number of amides is 4. The van der Waals surface area contributed by atoms with Crippen LogP contribution < -0.4 is 41.2 Å². The first-order valence-corrected chi connectivity index (χ1v) is 22.6. The molecule has 0 radical (unpaired) electrons. The number of benzene rings is 4. The maximum Gasteiger partial charge on any atom is 0.490 e. The second-order valence-electron chi connectivity index (χ2n) is 15.3. The van der Waals surface area contributed by atoms with Crippen molar-refractivity contribution in [1.82, 2.24) is 16.0 Å². The second kappa shape index (κ2) is 30.0. The number of carbonyl (C=O) groups excluding carboxylic acids is 3. The van der Waals surface area contributed by atoms with Crippen LogP contribution in [0.15, 0.2) is 84.9 Å². The zero-order chi connectivity index (χ0) is 50.9. The average molecular weight is 1060 g/mol. The fourth-order valence-corrected chi connectivity index (χ4v) is 7.01. The van der Waals surface area contributed by atoms with Crippen molar-refractivity contribution in [2.24, 2.45) is 17.6 Å². The number of hydrogen-bond acceptors (Lipinski definition) is 9. The zero-order valence-corrected chi connectivity index (χ0v) is 39.6. The van der Waals surface area contributed by atoms with E-state index in [2.05, 4.69) is 26.0 Å². The lowest BCUT2D eigenvalue weighted by Crippen LogP contribution is -2.42. The molecule has 6 rings (SSSR count). The molecule has 0 atom stereocenters. The van der Waals surface area contributed by atoms with Gasteiger partial charge in [-0.2, -0.15) is 13.2 Å². The van der Waals surface area contributed by atoms with Crippen molar-refractivity contribution >= 4 is 75.9 Å². The number of carboxylic acids is 1. The number of aliphatic carboxylic acids is 1. The Morgan fingerprint density at radius 2 is 1.09 bits per heavy atom. The number of nitrogens with two attached hydrogens (primary N) is 1. The maximum absolute atomic E-state index is 13.4. The van der Waals surface area contributed by atoms with Crippen LogP contribution in [0.1, 0.15) is 57.1 Å². The van der Waals surface area contributed by atoms with Crippen molar-refractivity contribution in [3.63, 3.8) is 0 Å². The number of carbonyl (C=O) groups is 4. The largest absolute Gasteiger partial charge is 0.490 e. The number of halogens is 9. The molecule has 2 aliphatic carbocycles. The summed E-state index contributed by atoms with van der Waals surface area (Å²) in [7, 11) is 0. The first-order valence-electron chi connectivity index (χ1n) is 21.1. The van der Waals surface area contributed by atoms with Crippen molar-refractivity contribution in [3.05, 3.63) is 117 Å². The van der Waals surface area contributed by atoms with Crippen LogP contribution in [-0.2, 0) is 14.4 Å². The molecule has 0 aromatic heterocycles. The number of nitriles is 1. The van der Waals surface area contributed by atoms with Crippen LogP contribution in [0.4, 0.5) is 32.4 Å². The summed E-state index contributed by atoms with van der Waals surface area (Å²) < 4.78 is 73.4. The summed E-state index contributed by atoms with van der Waals surface area (Å²) in [6, 6.07) is 21.6. The highest BCUT2D eigenvalue weighted by Crippen LogP contribution is 2.26. The van der Waals surface area contributed by atoms with Gasteiger partial charge < -0.3 is 46.3 Å². The van der Waals surface area contributed by atoms with Crippen LogP contribution in [0.3, 0.4) is 0 Å². The highest BCUT2D eigenvalue weighted by Gasteiger charge is 2.38. The molecule has 4 aromatic carbocycles. The molecule has 382 valence electrons. The number of ether oxygens (including phenoxy) is 3. The van der Waals surface area contributed by atoms with E-state index in [1.165, 1.54) is 30.3 Å². The molecule has 0 spiro atoms. The molecule has 0 aliphatic heterocycles. The lowest BCUT2D eigenvalue weighted by molar-refractivity contribution is -0.192. The van der Waals surface area contributed by atoms with Crippen LogP contribution in [0.5, 0.6) is 17.2 Å². The van der Waals surface area contributed by atoms with E-state index in [0.717, 1.165) is 57.4 Å². The molecule has 0 unspecified atom stereocenters. The van der Waals surface area contributed by atoms with Gasteiger partial charge in [0.1, 0.15) is 28.9 Å². The van der Waals surface area contributed by atoms with Crippen molar-refractivity contribution in [2.45, 2.75) is 69.6 Å². The minimum absolute atomic E-state index is 0. The van der Waals surface area contributed by atoms with E-state index in [9.17, 15) is 36.3 Å². The smallest absolute Gasteiger partial charge is 0.484 e. The number of alkyl halides is 3. The molecule has 2 aliphatic rings. The highest BCUT2D eigenvalue weighted by atomic mass is 35.5. The van der Waals surface area contributed by atoms with Crippen molar-refractivity contribution in [3.8, 4) is 23.5 Å². The minimum Gasteiger partial charge on any atom is -0.484 e. The van der Waals surface area contributed by atoms with E-state index < -0.39 is 23.8 Å². The Morgan fingerprint density at radius 3 is 1.48 bits per heavy atom. The van der Waals surface area contributed by atoms with Crippen LogP contribution in [0.2, 0.25) is 20.1 Å². The third kappa shape index (κ3) is 23.4. The predicted molar refractivity (Wildman–Crippen MR) is 259 cm³/mol. The zero-order valence-electron chi connectivity index (χ0n) is 36.6. The first kappa shape index (κ1) is 57.5. The summed E-state index contributed by atoms with van der Waals surface area (Å²) in [6.45, 7) is 0.975. The van der Waals surface area contributed by atoms with Crippen molar-refractivity contribution < 1.29 is 66.2 Å². The Hall–Kier alpha value is -5.78. The van der Waals surface area contributed by atoms with Gasteiger partial charge in [0.25, 0.3) is 18.1 Å². The third-order valence-electron chi connectivity index (χ3n) is 10.2. The molecular formula is C46H57Cl4F5N6O8. The predicted octanol–water partition coefficient (Wildman–Crippen LogP) is 11.3. The Bertz CT molecular complexity index is 2320. The van der Waals surface area contributed by atoms with Gasteiger partial charge in [0.05, 0.1) is 10.0 Å². The number of rotatable bonds is 13. The fraction of sp³-hybridized carbons (Fsp3) is 0.370. The minimum atomic E-state index is -5.08. The van der Waals surface area contributed by atoms with E-state index in [-0.39, 0.29) is 64.6 Å². The lowest BCUT2D eigenvalue weighted by Gasteiger charge is -2.29. The Balaban J connectivity index is 0. The fourth-order valence-electron chi connectivity index (χ4n) is 6.52. The number of nitrogens with zero attached hydrogens (tertiary/aromatic N) is 1. The van der Waals surface area contributed by atoms with Gasteiger partial charge in [0, 0.05) is 52.2 Å². The molecule has 0 bridgehead atoms. The molecule has 23 heteroatoms. The second-order valence-corrected chi connectivity index (χ2v) is 17.0. The van der Waals surface area contributed by atoms with Gasteiger partial charge in [-0.3, -0.25) is 9.59 Å². The van der Waals surface area contributed by atoms with Crippen LogP contribution in [0.25, 0.3) is 0 Å². The van der Waals surface area contributed by atoms with E-state index in [1.807, 2.05) is 0 Å². The summed E-state index contributed by atoms with van der Waals surface area (Å²) in [5, 5.41) is 28.0. The van der Waals surface area contributed by atoms with Gasteiger partial charge in [-0.05, 0) is 143 Å². The number of urea groups is 1. The standard InChI is InChI=1S/C22H24Cl2FN3O3.C15H20ClFN2O2.C7H4ClNO.C2HF3O2.4H2/c23-15-3-7-17(8-4-15)28-22(30)26-12-14-1-5-16(6-2-14)27-21(29)13-31-18-9-10-19(24)20(25)11-18;16-13-6-5-12(7-14(13)17)21-9-15(20)19-11-3-1-10(8-18)2-4-11;8-6-1-3-7(4-2-6)10-5-9;3-2(4,5)1(6)7;;;;/h3-4,7-11,14,16H,1-2,5-6,12-13H2,(H,27,29)(H2,26,28,30);5-7,10-11H,1-4,8-9,18H2,(H,19,20);1-4H;(H,6,7);4*1H. The van der Waals surface area contributed by atoms with Gasteiger partial charge in [-0.25, -0.2) is 18.4 Å². The summed E-state index contributed by atoms with van der Waals surface area (Å²) in [4.78, 5) is 44.8. The Labute approximate surface area is 420 Å². The first-order chi connectivity index (χ1) is 32.7. The Kier molecular flexibility index (Phi) is 25.0. The summed E-state index contributed by atoms with van der Waals surface area (Å²) in [5.74, 6) is -2.37. The summed E-state index contributed by atoms with van der Waals surface area (Å²) in [6.07, 6.45) is 3.91. The van der Waals surface area contributed by atoms with Gasteiger partial charge >= 0.3 is 18.2 Å². The molecule has 14 nitrogen and oxygen atoms in total. The molecule has 0 heterocycles. The third-order valence-corrected chi connectivity index (χ3v) is 11.3. The van der Waals surface area contributed by atoms with E-state index in [0.29, 0.717) is 52.2 Å². The molecule has 4 aromatic rings. The van der Waals surface area contributed by atoms with Crippen LogP contribution in [0, 0.1) is 35.0 Å². The molecule has 2 saturated carbocycles. The van der Waals surface area contributed by atoms with Crippen LogP contribution >= 0.6 is 46.4 Å². The Morgan fingerprint density at radius 1 is 0.681 bits per heavy atom. The monoisotopic (exact) mass is 1060 g/mol. The van der Waals surface area contributed by atoms with Crippen LogP contribution in [-0.4, -0.2) is 73.5 Å². The van der Waals surface area contributed by atoms with Gasteiger partial charge in [-0.1, -0.05) is 46.4 Å². The van der Waals surface area contributed by atoms with E-state index in [1.54, 1.807) is 54.8 Å². The number of carboxylic acid groups (broad SMARTS) is 1. The van der Waals surface area contributed by atoms with Gasteiger partial charge in [0.2, 0.25) is 0 Å². The number of anilines is 1. The summed E-state index contributed by atoms with van der Waals surface area (Å²) >= 11 is 22.6. The normalized spacial score (nSPS) is 17.2. The molecular weight excluding hydrogens is 1000 g/mol. The number of nitrogens with one attached hydrogen (secondary N) is 4. The van der Waals surface area contributed by atoms with E-state index in [4.69, 9.17) is 76.8 Å². The SMILES string of the molecule is N#COc1ccc(Cl)cc1.NCC1CCC(NC(=O)COc2ccc(Cl)c(F)c2)CC1.O=C(COc1ccc(Cl)c(F)c1)NC1CCC(CNC(=O)Nc2ccc(Cl)cc2)CC1.O=C(O)C(F)(F)F.[HH].[HH].[HH].[HH]. The lowest BCUT2D eigenvalue weighted by atomic mass is 9.86. The summed E-state index contributed by atoms with van der Waals surface area (Å²) in [5.41, 5.74) is 6.32. The molecule has 2 fully saturated rings. The number of hydrogen-bond donors (Lipinski definition) is 6. The van der Waals surface area contributed by atoms with Gasteiger partial charge in [0.15, 0.2) is 13.2 Å². The molecule has 7 N–H and O–H groups in total. The van der Waals surface area contributed by atoms with Crippen molar-refractivity contribution in [2.75, 3.05) is 31.6 Å². The molecule has 0 saturated heterocycles. The maximum atomic E-state index is 13.4. The van der Waals surface area contributed by atoms with Gasteiger partial charge in [-0.15, -0.1) is 5.26 Å². The molecule has 4 amide bonds. The van der Waals surface area contributed by atoms with Crippen molar-refractivity contribution in [1.29, 1.82) is 5.26 Å².